The van der Waals surface area contributed by atoms with Crippen LogP contribution in [0.3, 0.4) is 0 Å². The highest BCUT2D eigenvalue weighted by Gasteiger charge is 2.17. The Morgan fingerprint density at radius 2 is 1.74 bits per heavy atom. The summed E-state index contributed by atoms with van der Waals surface area (Å²) in [4.78, 5) is 0.131. The highest BCUT2D eigenvalue weighted by Crippen LogP contribution is 2.45. The van der Waals surface area contributed by atoms with Crippen molar-refractivity contribution in [3.05, 3.63) is 35.4 Å². The van der Waals surface area contributed by atoms with Gasteiger partial charge in [-0.1, -0.05) is 6.07 Å². The Morgan fingerprint density at radius 3 is 2.32 bits per heavy atom. The van der Waals surface area contributed by atoms with Gasteiger partial charge in [0.1, 0.15) is 16.6 Å². The summed E-state index contributed by atoms with van der Waals surface area (Å²) in [5, 5.41) is 1.86. The largest absolute Gasteiger partial charge is 0.494 e. The number of fused-ring (bicyclic) bond motifs is 1. The lowest BCUT2D eigenvalue weighted by atomic mass is 10.0. The average molecular weight is 282 g/mol. The Hall–Kier alpha value is -1.27. The maximum Gasteiger partial charge on any atom is 0.123 e. The Balaban J connectivity index is 2.69. The molecule has 0 saturated carbocycles. The Labute approximate surface area is 114 Å². The second-order valence-electron chi connectivity index (χ2n) is 4.48. The van der Waals surface area contributed by atoms with E-state index < -0.39 is 10.9 Å². The first-order valence-corrected chi connectivity index (χ1v) is 7.52. The van der Waals surface area contributed by atoms with Crippen LogP contribution in [0.25, 0.3) is 10.8 Å². The van der Waals surface area contributed by atoms with Crippen LogP contribution < -0.4 is 4.74 Å². The first-order valence-electron chi connectivity index (χ1n) is 6.02. The number of aryl methyl sites for hydroxylation is 2. The monoisotopic (exact) mass is 282 g/mol. The van der Waals surface area contributed by atoms with E-state index in [-0.39, 0.29) is 4.90 Å². The molecule has 0 saturated heterocycles. The fraction of sp³-hybridized carbons (Fsp3) is 0.286. The molecule has 0 fully saturated rings. The number of hydrogen-bond acceptors (Lipinski definition) is 4. The second-order valence-corrected chi connectivity index (χ2v) is 5.98. The van der Waals surface area contributed by atoms with Gasteiger partial charge in [0, 0.05) is 0 Å². The molecular formula is C14H18O4S. The van der Waals surface area contributed by atoms with Crippen molar-refractivity contribution in [3.8, 4) is 5.75 Å². The average Bonchev–Trinajstić information content (AvgIpc) is 2.34. The normalized spacial score (nSPS) is 12.7. The fourth-order valence-electron chi connectivity index (χ4n) is 2.17. The summed E-state index contributed by atoms with van der Waals surface area (Å²) >= 11 is 0. The molecule has 4 nitrogen and oxygen atoms in total. The quantitative estimate of drug-likeness (QED) is 0.778. The molecule has 0 unspecified atom stereocenters. The summed E-state index contributed by atoms with van der Waals surface area (Å²) in [6.45, 7) is 6.42. The van der Waals surface area contributed by atoms with Crippen LogP contribution in [0, 0.1) is 13.8 Å². The molecule has 3 N–H and O–H groups in total. The van der Waals surface area contributed by atoms with E-state index in [4.69, 9.17) is 4.74 Å². The van der Waals surface area contributed by atoms with Crippen LogP contribution in [0.5, 0.6) is 5.75 Å². The van der Waals surface area contributed by atoms with Crippen LogP contribution in [-0.4, -0.2) is 20.3 Å². The highest BCUT2D eigenvalue weighted by molar-refractivity contribution is 8.19. The molecule has 0 aliphatic carbocycles. The van der Waals surface area contributed by atoms with Crippen molar-refractivity contribution in [2.45, 2.75) is 25.7 Å². The van der Waals surface area contributed by atoms with E-state index in [0.29, 0.717) is 6.61 Å². The molecule has 104 valence electrons. The van der Waals surface area contributed by atoms with Crippen LogP contribution in [-0.2, 0) is 0 Å². The van der Waals surface area contributed by atoms with E-state index in [2.05, 4.69) is 0 Å². The number of benzene rings is 2. The maximum absolute atomic E-state index is 9.32. The Morgan fingerprint density at radius 1 is 1.05 bits per heavy atom. The minimum Gasteiger partial charge on any atom is -0.494 e. The van der Waals surface area contributed by atoms with Crippen molar-refractivity contribution >= 4 is 21.6 Å². The molecule has 5 heteroatoms. The zero-order chi connectivity index (χ0) is 14.2. The van der Waals surface area contributed by atoms with Gasteiger partial charge in [0.25, 0.3) is 0 Å². The SMILES string of the molecule is CCOc1cc(C)c2cc(S(O)(O)O)ccc2c1C. The summed E-state index contributed by atoms with van der Waals surface area (Å²) in [5.41, 5.74) is 1.97. The van der Waals surface area contributed by atoms with E-state index in [1.165, 1.54) is 6.07 Å². The molecule has 2 rings (SSSR count). The van der Waals surface area contributed by atoms with Crippen molar-refractivity contribution in [1.82, 2.24) is 0 Å². The van der Waals surface area contributed by atoms with E-state index in [1.54, 1.807) is 12.1 Å². The van der Waals surface area contributed by atoms with Gasteiger partial charge >= 0.3 is 0 Å². The van der Waals surface area contributed by atoms with Crippen molar-refractivity contribution in [2.75, 3.05) is 6.61 Å². The molecule has 0 aliphatic rings. The molecular weight excluding hydrogens is 264 g/mol. The summed E-state index contributed by atoms with van der Waals surface area (Å²) in [6, 6.07) is 6.84. The van der Waals surface area contributed by atoms with Gasteiger partial charge < -0.3 is 18.4 Å². The van der Waals surface area contributed by atoms with Crippen LogP contribution in [0.15, 0.2) is 29.2 Å². The fourth-order valence-corrected chi connectivity index (χ4v) is 2.69. The topological polar surface area (TPSA) is 69.9 Å². The first kappa shape index (κ1) is 14.1. The Kier molecular flexibility index (Phi) is 3.73. The summed E-state index contributed by atoms with van der Waals surface area (Å²) in [6.07, 6.45) is 0. The van der Waals surface area contributed by atoms with Gasteiger partial charge in [-0.05, 0) is 60.9 Å². The number of hydrogen-bond donors (Lipinski definition) is 3. The third kappa shape index (κ3) is 2.69. The minimum absolute atomic E-state index is 0.131. The molecule has 0 amide bonds. The number of ether oxygens (including phenoxy) is 1. The molecule has 0 aliphatic heterocycles. The predicted molar refractivity (Wildman–Crippen MR) is 78.3 cm³/mol. The third-order valence-electron chi connectivity index (χ3n) is 3.15. The van der Waals surface area contributed by atoms with Gasteiger partial charge in [0.15, 0.2) is 0 Å². The lowest BCUT2D eigenvalue weighted by Crippen LogP contribution is -1.98. The third-order valence-corrected chi connectivity index (χ3v) is 4.04. The first-order chi connectivity index (χ1) is 8.84. The van der Waals surface area contributed by atoms with Gasteiger partial charge in [-0.3, -0.25) is 0 Å². The van der Waals surface area contributed by atoms with Crippen molar-refractivity contribution in [3.63, 3.8) is 0 Å². The molecule has 2 aromatic carbocycles. The maximum atomic E-state index is 9.32. The molecule has 19 heavy (non-hydrogen) atoms. The van der Waals surface area contributed by atoms with Crippen molar-refractivity contribution in [1.29, 1.82) is 0 Å². The molecule has 0 radical (unpaired) electrons. The molecule has 0 bridgehead atoms. The van der Waals surface area contributed by atoms with E-state index >= 15 is 0 Å². The molecule has 2 aromatic rings. The lowest BCUT2D eigenvalue weighted by molar-refractivity contribution is 0.338. The van der Waals surface area contributed by atoms with E-state index in [0.717, 1.165) is 27.6 Å². The van der Waals surface area contributed by atoms with Gasteiger partial charge in [-0.2, -0.15) is 0 Å². The van der Waals surface area contributed by atoms with Gasteiger partial charge in [-0.15, -0.1) is 0 Å². The standard InChI is InChI=1S/C14H18O4S/c1-4-18-14-7-9(2)13-8-11(19(15,16)17)5-6-12(13)10(14)3/h5-8,15-17H,4H2,1-3H3. The zero-order valence-electron chi connectivity index (χ0n) is 11.2. The van der Waals surface area contributed by atoms with Gasteiger partial charge in [0.2, 0.25) is 0 Å². The van der Waals surface area contributed by atoms with Crippen LogP contribution in [0.1, 0.15) is 18.1 Å². The summed E-state index contributed by atoms with van der Waals surface area (Å²) in [5.74, 6) is 0.829. The Bertz CT molecular complexity index is 617. The van der Waals surface area contributed by atoms with Gasteiger partial charge in [0.05, 0.1) is 11.5 Å². The zero-order valence-corrected chi connectivity index (χ0v) is 12.0. The van der Waals surface area contributed by atoms with E-state index in [1.807, 2.05) is 26.8 Å². The smallest absolute Gasteiger partial charge is 0.123 e. The van der Waals surface area contributed by atoms with Crippen LogP contribution >= 0.6 is 10.9 Å². The van der Waals surface area contributed by atoms with Crippen LogP contribution in [0.4, 0.5) is 0 Å². The van der Waals surface area contributed by atoms with Crippen molar-refractivity contribution < 1.29 is 18.4 Å². The lowest BCUT2D eigenvalue weighted by Gasteiger charge is -2.20. The molecule has 0 spiro atoms. The van der Waals surface area contributed by atoms with Crippen LogP contribution in [0.2, 0.25) is 0 Å². The number of rotatable bonds is 3. The molecule has 0 heterocycles. The van der Waals surface area contributed by atoms with E-state index in [9.17, 15) is 13.7 Å². The van der Waals surface area contributed by atoms with Crippen molar-refractivity contribution in [2.24, 2.45) is 0 Å². The molecule has 0 atom stereocenters. The predicted octanol–water partition coefficient (Wildman–Crippen LogP) is 4.44. The minimum atomic E-state index is -3.68. The molecule has 0 aromatic heterocycles. The van der Waals surface area contributed by atoms with Gasteiger partial charge in [-0.25, -0.2) is 0 Å². The highest BCUT2D eigenvalue weighted by atomic mass is 32.3. The summed E-state index contributed by atoms with van der Waals surface area (Å²) in [7, 11) is -3.68. The summed E-state index contributed by atoms with van der Waals surface area (Å²) < 4.78 is 33.5. The second kappa shape index (κ2) is 5.02.